The summed E-state index contributed by atoms with van der Waals surface area (Å²) < 4.78 is 0. The Balaban J connectivity index is 1.96. The summed E-state index contributed by atoms with van der Waals surface area (Å²) in [6, 6.07) is 2.05. The van der Waals surface area contributed by atoms with Crippen LogP contribution in [0.15, 0.2) is 11.4 Å². The highest BCUT2D eigenvalue weighted by molar-refractivity contribution is 7.10. The maximum absolute atomic E-state index is 12.4. The van der Waals surface area contributed by atoms with E-state index in [-0.39, 0.29) is 17.7 Å². The number of aliphatic carboxylic acids is 1. The molecular weight excluding hydrogens is 274 g/mol. The van der Waals surface area contributed by atoms with Gasteiger partial charge in [0.25, 0.3) is 0 Å². The van der Waals surface area contributed by atoms with Crippen LogP contribution in [0.4, 0.5) is 0 Å². The number of nitrogens with zero attached hydrogens (tertiary/aromatic N) is 1. The van der Waals surface area contributed by atoms with E-state index in [4.69, 9.17) is 5.11 Å². The number of carbonyl (C=O) groups excluding carboxylic acids is 1. The highest BCUT2D eigenvalue weighted by Gasteiger charge is 2.32. The van der Waals surface area contributed by atoms with E-state index in [0.717, 1.165) is 12.8 Å². The van der Waals surface area contributed by atoms with Gasteiger partial charge in [-0.2, -0.15) is 0 Å². The lowest BCUT2D eigenvalue weighted by Crippen LogP contribution is -2.36. The number of carboxylic acids is 1. The third-order valence-electron chi connectivity index (χ3n) is 4.10. The minimum atomic E-state index is -0.765. The molecule has 0 aromatic carbocycles. The van der Waals surface area contributed by atoms with Gasteiger partial charge in [0, 0.05) is 17.8 Å². The van der Waals surface area contributed by atoms with Crippen molar-refractivity contribution in [3.8, 4) is 0 Å². The minimum Gasteiger partial charge on any atom is -0.481 e. The second kappa shape index (κ2) is 6.39. The molecular formula is C15H21NO3S. The number of aryl methyl sites for hydroxylation is 1. The molecule has 1 aromatic heterocycles. The molecule has 2 atom stereocenters. The van der Waals surface area contributed by atoms with Gasteiger partial charge in [0.1, 0.15) is 0 Å². The van der Waals surface area contributed by atoms with Crippen LogP contribution in [-0.4, -0.2) is 28.9 Å². The zero-order chi connectivity index (χ0) is 14.7. The van der Waals surface area contributed by atoms with Gasteiger partial charge in [-0.1, -0.05) is 6.42 Å². The summed E-state index contributed by atoms with van der Waals surface area (Å²) in [6.45, 7) is 2.67. The van der Waals surface area contributed by atoms with Gasteiger partial charge in [-0.25, -0.2) is 0 Å². The average Bonchev–Trinajstić information content (AvgIpc) is 2.83. The first-order valence-electron chi connectivity index (χ1n) is 6.99. The van der Waals surface area contributed by atoms with Crippen LogP contribution in [0.1, 0.15) is 36.1 Å². The van der Waals surface area contributed by atoms with E-state index in [0.29, 0.717) is 19.4 Å². The van der Waals surface area contributed by atoms with E-state index in [2.05, 4.69) is 6.07 Å². The lowest BCUT2D eigenvalue weighted by molar-refractivity contribution is -0.145. The van der Waals surface area contributed by atoms with E-state index < -0.39 is 5.97 Å². The summed E-state index contributed by atoms with van der Waals surface area (Å²) in [6.07, 6.45) is 2.84. The molecule has 0 aliphatic heterocycles. The predicted molar refractivity (Wildman–Crippen MR) is 78.6 cm³/mol. The molecule has 4 nitrogen and oxygen atoms in total. The fourth-order valence-corrected chi connectivity index (χ4v) is 3.77. The van der Waals surface area contributed by atoms with Crippen LogP contribution in [0.2, 0.25) is 0 Å². The zero-order valence-electron chi connectivity index (χ0n) is 12.0. The van der Waals surface area contributed by atoms with Crippen molar-refractivity contribution in [1.82, 2.24) is 4.90 Å². The Bertz CT molecular complexity index is 497. The molecule has 1 aliphatic carbocycles. The minimum absolute atomic E-state index is 0.0868. The second-order valence-electron chi connectivity index (χ2n) is 5.62. The van der Waals surface area contributed by atoms with Gasteiger partial charge in [0.15, 0.2) is 0 Å². The molecule has 0 bridgehead atoms. The lowest BCUT2D eigenvalue weighted by Gasteiger charge is -2.29. The van der Waals surface area contributed by atoms with Gasteiger partial charge in [-0.05, 0) is 43.2 Å². The smallest absolute Gasteiger partial charge is 0.306 e. The molecule has 1 amide bonds. The van der Waals surface area contributed by atoms with Gasteiger partial charge in [-0.3, -0.25) is 9.59 Å². The monoisotopic (exact) mass is 295 g/mol. The molecule has 0 radical (unpaired) electrons. The normalized spacial score (nSPS) is 22.5. The summed E-state index contributed by atoms with van der Waals surface area (Å²) in [7, 11) is 1.81. The van der Waals surface area contributed by atoms with Crippen molar-refractivity contribution < 1.29 is 14.7 Å². The summed E-state index contributed by atoms with van der Waals surface area (Å²) in [5, 5.41) is 11.1. The molecule has 1 aliphatic rings. The Hall–Kier alpha value is -1.36. The van der Waals surface area contributed by atoms with Gasteiger partial charge in [-0.15, -0.1) is 11.3 Å². The first-order chi connectivity index (χ1) is 9.49. The first kappa shape index (κ1) is 15.0. The van der Waals surface area contributed by atoms with Crippen molar-refractivity contribution in [3.63, 3.8) is 0 Å². The number of carboxylic acid groups (broad SMARTS) is 1. The van der Waals surface area contributed by atoms with Crippen molar-refractivity contribution in [3.05, 3.63) is 21.9 Å². The van der Waals surface area contributed by atoms with Crippen molar-refractivity contribution in [2.75, 3.05) is 7.05 Å². The van der Waals surface area contributed by atoms with Crippen molar-refractivity contribution in [2.45, 2.75) is 39.2 Å². The topological polar surface area (TPSA) is 57.6 Å². The standard InChI is InChI=1S/C15H21NO3S/c1-10-6-7-20-13(10)9-16(2)14(17)11-4-3-5-12(8-11)15(18)19/h6-7,11-12H,3-5,8-9H2,1-2H3,(H,18,19). The van der Waals surface area contributed by atoms with Crippen LogP contribution in [0.25, 0.3) is 0 Å². The summed E-state index contributed by atoms with van der Waals surface area (Å²) in [4.78, 5) is 26.5. The largest absolute Gasteiger partial charge is 0.481 e. The maximum Gasteiger partial charge on any atom is 0.306 e. The number of amides is 1. The molecule has 110 valence electrons. The van der Waals surface area contributed by atoms with E-state index in [1.807, 2.05) is 19.4 Å². The van der Waals surface area contributed by atoms with Crippen LogP contribution in [0.5, 0.6) is 0 Å². The number of hydrogen-bond donors (Lipinski definition) is 1. The summed E-state index contributed by atoms with van der Waals surface area (Å²) >= 11 is 1.66. The quantitative estimate of drug-likeness (QED) is 0.929. The number of hydrogen-bond acceptors (Lipinski definition) is 3. The second-order valence-corrected chi connectivity index (χ2v) is 6.62. The van der Waals surface area contributed by atoms with Gasteiger partial charge < -0.3 is 10.0 Å². The average molecular weight is 295 g/mol. The van der Waals surface area contributed by atoms with Crippen LogP contribution >= 0.6 is 11.3 Å². The molecule has 20 heavy (non-hydrogen) atoms. The van der Waals surface area contributed by atoms with E-state index in [1.165, 1.54) is 10.4 Å². The van der Waals surface area contributed by atoms with Crippen molar-refractivity contribution >= 4 is 23.2 Å². The molecule has 0 spiro atoms. The third kappa shape index (κ3) is 3.39. The zero-order valence-corrected chi connectivity index (χ0v) is 12.8. The summed E-state index contributed by atoms with van der Waals surface area (Å²) in [5.74, 6) is -1.16. The molecule has 0 saturated heterocycles. The van der Waals surface area contributed by atoms with Crippen LogP contribution in [-0.2, 0) is 16.1 Å². The first-order valence-corrected chi connectivity index (χ1v) is 7.87. The maximum atomic E-state index is 12.4. The Labute approximate surface area is 123 Å². The number of rotatable bonds is 4. The molecule has 2 unspecified atom stereocenters. The Kier molecular flexibility index (Phi) is 4.81. The van der Waals surface area contributed by atoms with Crippen LogP contribution in [0, 0.1) is 18.8 Å². The fourth-order valence-electron chi connectivity index (χ4n) is 2.81. The Morgan fingerprint density at radius 3 is 2.70 bits per heavy atom. The van der Waals surface area contributed by atoms with Crippen LogP contribution < -0.4 is 0 Å². The SMILES string of the molecule is Cc1ccsc1CN(C)C(=O)C1CCCC(C(=O)O)C1. The summed E-state index contributed by atoms with van der Waals surface area (Å²) in [5.41, 5.74) is 1.21. The van der Waals surface area contributed by atoms with Gasteiger partial charge >= 0.3 is 5.97 Å². The molecule has 1 saturated carbocycles. The molecule has 2 rings (SSSR count). The Morgan fingerprint density at radius 2 is 2.10 bits per heavy atom. The van der Waals surface area contributed by atoms with E-state index in [9.17, 15) is 9.59 Å². The van der Waals surface area contributed by atoms with Crippen LogP contribution in [0.3, 0.4) is 0 Å². The molecule has 1 fully saturated rings. The molecule has 1 aromatic rings. The number of thiophene rings is 1. The van der Waals surface area contributed by atoms with E-state index in [1.54, 1.807) is 16.2 Å². The van der Waals surface area contributed by atoms with Crippen molar-refractivity contribution in [2.24, 2.45) is 11.8 Å². The van der Waals surface area contributed by atoms with E-state index >= 15 is 0 Å². The molecule has 1 heterocycles. The fraction of sp³-hybridized carbons (Fsp3) is 0.600. The third-order valence-corrected chi connectivity index (χ3v) is 5.11. The number of carbonyl (C=O) groups is 2. The molecule has 1 N–H and O–H groups in total. The molecule has 5 heteroatoms. The van der Waals surface area contributed by atoms with Gasteiger partial charge in [0.05, 0.1) is 12.5 Å². The highest BCUT2D eigenvalue weighted by atomic mass is 32.1. The van der Waals surface area contributed by atoms with Crippen molar-refractivity contribution in [1.29, 1.82) is 0 Å². The highest BCUT2D eigenvalue weighted by Crippen LogP contribution is 2.31. The van der Waals surface area contributed by atoms with Gasteiger partial charge in [0.2, 0.25) is 5.91 Å². The Morgan fingerprint density at radius 1 is 1.40 bits per heavy atom. The lowest BCUT2D eigenvalue weighted by atomic mass is 9.81. The predicted octanol–water partition coefficient (Wildman–Crippen LogP) is 2.91.